The Balaban J connectivity index is 2.49. The summed E-state index contributed by atoms with van der Waals surface area (Å²) in [6.45, 7) is 7.92. The van der Waals surface area contributed by atoms with Gasteiger partial charge in [-0.15, -0.1) is 0 Å². The van der Waals surface area contributed by atoms with E-state index in [-0.39, 0.29) is 18.1 Å². The molecule has 0 aliphatic heterocycles. The maximum absolute atomic E-state index is 11.8. The molecule has 1 rings (SSSR count). The number of nitrogens with one attached hydrogen (secondary N) is 1. The third-order valence-corrected chi connectivity index (χ3v) is 3.36. The highest BCUT2D eigenvalue weighted by Crippen LogP contribution is 2.31. The van der Waals surface area contributed by atoms with Crippen LogP contribution in [0.3, 0.4) is 0 Å². The van der Waals surface area contributed by atoms with Gasteiger partial charge in [0.2, 0.25) is 5.91 Å². The van der Waals surface area contributed by atoms with Crippen molar-refractivity contribution in [2.45, 2.75) is 64.5 Å². The van der Waals surface area contributed by atoms with E-state index in [1.807, 2.05) is 20.8 Å². The highest BCUT2D eigenvalue weighted by molar-refractivity contribution is 5.78. The molecule has 102 valence electrons. The van der Waals surface area contributed by atoms with E-state index in [2.05, 4.69) is 18.3 Å². The molecule has 4 heteroatoms. The lowest BCUT2D eigenvalue weighted by Gasteiger charge is -2.34. The average Bonchev–Trinajstić information content (AvgIpc) is 2.29. The van der Waals surface area contributed by atoms with Crippen molar-refractivity contribution in [2.24, 2.45) is 5.92 Å². The first-order valence-electron chi connectivity index (χ1n) is 6.63. The van der Waals surface area contributed by atoms with Crippen LogP contribution in [0.5, 0.6) is 0 Å². The van der Waals surface area contributed by atoms with Crippen LogP contribution in [-0.4, -0.2) is 23.7 Å². The van der Waals surface area contributed by atoms with E-state index >= 15 is 0 Å². The summed E-state index contributed by atoms with van der Waals surface area (Å²) in [5.41, 5.74) is -1.01. The van der Waals surface area contributed by atoms with Crippen LogP contribution in [0, 0.1) is 17.2 Å². The van der Waals surface area contributed by atoms with Gasteiger partial charge in [-0.05, 0) is 52.4 Å². The molecule has 0 aromatic carbocycles. The van der Waals surface area contributed by atoms with Gasteiger partial charge in [0.05, 0.1) is 11.7 Å². The molecule has 18 heavy (non-hydrogen) atoms. The Labute approximate surface area is 110 Å². The van der Waals surface area contributed by atoms with Crippen LogP contribution in [0.25, 0.3) is 0 Å². The SMILES string of the molecule is CC1CCC(C#N)(NC(=O)COC(C)(C)C)CC1. The normalized spacial score (nSPS) is 28.5. The van der Waals surface area contributed by atoms with Gasteiger partial charge in [-0.1, -0.05) is 6.92 Å². The van der Waals surface area contributed by atoms with Crippen molar-refractivity contribution in [1.29, 1.82) is 5.26 Å². The molecule has 1 saturated carbocycles. The molecular weight excluding hydrogens is 228 g/mol. The second kappa shape index (κ2) is 5.71. The van der Waals surface area contributed by atoms with Crippen molar-refractivity contribution >= 4 is 5.91 Å². The van der Waals surface area contributed by atoms with Gasteiger partial charge in [0, 0.05) is 0 Å². The van der Waals surface area contributed by atoms with Gasteiger partial charge in [-0.3, -0.25) is 4.79 Å². The minimum Gasteiger partial charge on any atom is -0.366 e. The molecule has 1 amide bonds. The average molecular weight is 252 g/mol. The van der Waals surface area contributed by atoms with Crippen LogP contribution in [0.2, 0.25) is 0 Å². The van der Waals surface area contributed by atoms with Gasteiger partial charge in [-0.25, -0.2) is 0 Å². The lowest BCUT2D eigenvalue weighted by molar-refractivity contribution is -0.132. The molecule has 1 aliphatic rings. The van der Waals surface area contributed by atoms with Crippen LogP contribution in [-0.2, 0) is 9.53 Å². The maximum Gasteiger partial charge on any atom is 0.247 e. The lowest BCUT2D eigenvalue weighted by Crippen LogP contribution is -2.51. The van der Waals surface area contributed by atoms with Gasteiger partial charge >= 0.3 is 0 Å². The number of rotatable bonds is 3. The van der Waals surface area contributed by atoms with Gasteiger partial charge in [0.25, 0.3) is 0 Å². The van der Waals surface area contributed by atoms with Gasteiger partial charge < -0.3 is 10.1 Å². The minimum atomic E-state index is -0.676. The Morgan fingerprint density at radius 2 is 2.00 bits per heavy atom. The molecule has 0 atom stereocenters. The second-order valence-corrected chi connectivity index (χ2v) is 6.33. The summed E-state index contributed by atoms with van der Waals surface area (Å²) in [5, 5.41) is 12.1. The highest BCUT2D eigenvalue weighted by atomic mass is 16.5. The van der Waals surface area contributed by atoms with Gasteiger partial charge in [0.1, 0.15) is 12.1 Å². The molecule has 0 aromatic heterocycles. The Morgan fingerprint density at radius 3 is 2.44 bits per heavy atom. The first-order valence-corrected chi connectivity index (χ1v) is 6.63. The Hall–Kier alpha value is -1.08. The number of amides is 1. The van der Waals surface area contributed by atoms with Crippen molar-refractivity contribution < 1.29 is 9.53 Å². The molecule has 0 radical (unpaired) electrons. The second-order valence-electron chi connectivity index (χ2n) is 6.33. The third kappa shape index (κ3) is 4.66. The summed E-state index contributed by atoms with van der Waals surface area (Å²) in [7, 11) is 0. The predicted octanol–water partition coefficient (Wildman–Crippen LogP) is 2.39. The largest absolute Gasteiger partial charge is 0.366 e. The predicted molar refractivity (Wildman–Crippen MR) is 69.8 cm³/mol. The molecule has 0 saturated heterocycles. The molecule has 0 unspecified atom stereocenters. The maximum atomic E-state index is 11.8. The van der Waals surface area contributed by atoms with Crippen LogP contribution < -0.4 is 5.32 Å². The van der Waals surface area contributed by atoms with Crippen molar-refractivity contribution in [3.05, 3.63) is 0 Å². The Kier molecular flexibility index (Phi) is 4.75. The summed E-state index contributed by atoms with van der Waals surface area (Å²) in [6.07, 6.45) is 3.47. The van der Waals surface area contributed by atoms with E-state index in [1.165, 1.54) is 0 Å². The van der Waals surface area contributed by atoms with Crippen LogP contribution in [0.4, 0.5) is 0 Å². The summed E-state index contributed by atoms with van der Waals surface area (Å²) < 4.78 is 5.42. The van der Waals surface area contributed by atoms with Crippen LogP contribution >= 0.6 is 0 Å². The molecular formula is C14H24N2O2. The van der Waals surface area contributed by atoms with Crippen LogP contribution in [0.1, 0.15) is 53.4 Å². The Morgan fingerprint density at radius 1 is 1.44 bits per heavy atom. The number of carbonyl (C=O) groups is 1. The van der Waals surface area contributed by atoms with E-state index in [1.54, 1.807) is 0 Å². The molecule has 4 nitrogen and oxygen atoms in total. The standard InChI is InChI=1S/C14H24N2O2/c1-11-5-7-14(10-15,8-6-11)16-12(17)9-18-13(2,3)4/h11H,5-9H2,1-4H3,(H,16,17). The summed E-state index contributed by atoms with van der Waals surface area (Å²) >= 11 is 0. The first kappa shape index (κ1) is 15.0. The zero-order valence-corrected chi connectivity index (χ0v) is 11.9. The number of hydrogen-bond donors (Lipinski definition) is 1. The summed E-state index contributed by atoms with van der Waals surface area (Å²) in [5.74, 6) is 0.454. The number of ether oxygens (including phenoxy) is 1. The monoisotopic (exact) mass is 252 g/mol. The molecule has 0 heterocycles. The highest BCUT2D eigenvalue weighted by Gasteiger charge is 2.35. The van der Waals surface area contributed by atoms with E-state index in [0.29, 0.717) is 5.92 Å². The summed E-state index contributed by atoms with van der Waals surface area (Å²) in [4.78, 5) is 11.8. The molecule has 0 aromatic rings. The number of hydrogen-bond acceptors (Lipinski definition) is 3. The molecule has 0 bridgehead atoms. The molecule has 1 fully saturated rings. The fraction of sp³-hybridized carbons (Fsp3) is 0.857. The van der Waals surface area contributed by atoms with Gasteiger partial charge in [-0.2, -0.15) is 5.26 Å². The van der Waals surface area contributed by atoms with E-state index in [4.69, 9.17) is 4.74 Å². The first-order chi connectivity index (χ1) is 8.26. The van der Waals surface area contributed by atoms with Gasteiger partial charge in [0.15, 0.2) is 0 Å². The van der Waals surface area contributed by atoms with Crippen molar-refractivity contribution in [1.82, 2.24) is 5.32 Å². The third-order valence-electron chi connectivity index (χ3n) is 3.36. The fourth-order valence-corrected chi connectivity index (χ4v) is 2.10. The number of carbonyl (C=O) groups excluding carboxylic acids is 1. The number of nitrogens with zero attached hydrogens (tertiary/aromatic N) is 1. The van der Waals surface area contributed by atoms with E-state index < -0.39 is 5.54 Å². The topological polar surface area (TPSA) is 62.1 Å². The molecule has 1 N–H and O–H groups in total. The Bertz CT molecular complexity index is 331. The zero-order chi connectivity index (χ0) is 13.8. The lowest BCUT2D eigenvalue weighted by atomic mass is 9.78. The molecule has 1 aliphatic carbocycles. The quantitative estimate of drug-likeness (QED) is 0.839. The van der Waals surface area contributed by atoms with Crippen LogP contribution in [0.15, 0.2) is 0 Å². The van der Waals surface area contributed by atoms with E-state index in [9.17, 15) is 10.1 Å². The van der Waals surface area contributed by atoms with Crippen molar-refractivity contribution in [3.63, 3.8) is 0 Å². The van der Waals surface area contributed by atoms with Crippen molar-refractivity contribution in [3.8, 4) is 6.07 Å². The smallest absolute Gasteiger partial charge is 0.247 e. The summed E-state index contributed by atoms with van der Waals surface area (Å²) in [6, 6.07) is 2.28. The zero-order valence-electron chi connectivity index (χ0n) is 11.9. The van der Waals surface area contributed by atoms with Crippen molar-refractivity contribution in [2.75, 3.05) is 6.61 Å². The minimum absolute atomic E-state index is 0.0164. The fourth-order valence-electron chi connectivity index (χ4n) is 2.10. The molecule has 0 spiro atoms. The van der Waals surface area contributed by atoms with E-state index in [0.717, 1.165) is 25.7 Å². The number of nitriles is 1.